The molecule has 0 saturated carbocycles. The Kier molecular flexibility index (Phi) is 2.11. The number of nitrogens with one attached hydrogen (secondary N) is 1. The van der Waals surface area contributed by atoms with Crippen molar-refractivity contribution in [2.24, 2.45) is 0 Å². The van der Waals surface area contributed by atoms with Gasteiger partial charge in [-0.2, -0.15) is 10.3 Å². The molecule has 0 atom stereocenters. The first-order valence-electron chi connectivity index (χ1n) is 5.27. The zero-order chi connectivity index (χ0) is 11.0. The van der Waals surface area contributed by atoms with Gasteiger partial charge in [-0.05, 0) is 11.1 Å². The van der Waals surface area contributed by atoms with E-state index in [1.807, 2.05) is 0 Å². The van der Waals surface area contributed by atoms with Gasteiger partial charge in [0.25, 0.3) is 0 Å². The van der Waals surface area contributed by atoms with Gasteiger partial charge in [0.1, 0.15) is 5.69 Å². The molecule has 82 valence electrons. The molecule has 5 heteroatoms. The predicted molar refractivity (Wildman–Crippen MR) is 60.2 cm³/mol. The molecule has 3 N–H and O–H groups in total. The molecule has 16 heavy (non-hydrogen) atoms. The maximum Gasteiger partial charge on any atom is 0.170 e. The highest BCUT2D eigenvalue weighted by atomic mass is 15.4. The van der Waals surface area contributed by atoms with Crippen molar-refractivity contribution in [2.45, 2.75) is 19.6 Å². The van der Waals surface area contributed by atoms with E-state index in [9.17, 15) is 0 Å². The topological polar surface area (TPSA) is 70.8 Å². The molecular weight excluding hydrogens is 202 g/mol. The Labute approximate surface area is 93.3 Å². The van der Waals surface area contributed by atoms with Crippen molar-refractivity contribution in [1.29, 1.82) is 0 Å². The lowest BCUT2D eigenvalue weighted by atomic mass is 10.1. The van der Waals surface area contributed by atoms with Crippen LogP contribution in [-0.2, 0) is 19.6 Å². The van der Waals surface area contributed by atoms with Crippen molar-refractivity contribution >= 4 is 5.82 Å². The Morgan fingerprint density at radius 2 is 1.88 bits per heavy atom. The van der Waals surface area contributed by atoms with Crippen molar-refractivity contribution in [1.82, 2.24) is 20.3 Å². The second kappa shape index (κ2) is 3.61. The van der Waals surface area contributed by atoms with Crippen LogP contribution in [0, 0.1) is 0 Å². The van der Waals surface area contributed by atoms with E-state index in [1.165, 1.54) is 11.1 Å². The van der Waals surface area contributed by atoms with E-state index in [4.69, 9.17) is 5.73 Å². The molecule has 0 spiro atoms. The molecule has 2 heterocycles. The van der Waals surface area contributed by atoms with Crippen LogP contribution in [0.15, 0.2) is 24.3 Å². The number of nitrogens with two attached hydrogens (primary N) is 1. The number of rotatable bonds is 2. The van der Waals surface area contributed by atoms with Gasteiger partial charge in [-0.25, -0.2) is 0 Å². The van der Waals surface area contributed by atoms with Gasteiger partial charge in [0.05, 0.1) is 0 Å². The Hall–Kier alpha value is -1.88. The van der Waals surface area contributed by atoms with Crippen LogP contribution in [0.5, 0.6) is 0 Å². The summed E-state index contributed by atoms with van der Waals surface area (Å²) in [6, 6.07) is 8.49. The molecule has 0 saturated heterocycles. The summed E-state index contributed by atoms with van der Waals surface area (Å²) in [4.78, 5) is 2.30. The van der Waals surface area contributed by atoms with E-state index in [-0.39, 0.29) is 0 Å². The number of H-pyrrole nitrogens is 1. The third-order valence-electron chi connectivity index (χ3n) is 2.93. The number of nitrogen functional groups attached to an aromatic ring is 1. The number of benzene rings is 1. The molecule has 2 aromatic rings. The summed E-state index contributed by atoms with van der Waals surface area (Å²) < 4.78 is 0. The summed E-state index contributed by atoms with van der Waals surface area (Å²) in [5, 5.41) is 10.4. The second-order valence-corrected chi connectivity index (χ2v) is 4.07. The molecule has 0 unspecified atom stereocenters. The first-order valence-corrected chi connectivity index (χ1v) is 5.27. The summed E-state index contributed by atoms with van der Waals surface area (Å²) in [6.45, 7) is 2.67. The first kappa shape index (κ1) is 9.35. The summed E-state index contributed by atoms with van der Waals surface area (Å²) in [5.74, 6) is 0.496. The van der Waals surface area contributed by atoms with E-state index >= 15 is 0 Å². The minimum Gasteiger partial charge on any atom is -0.381 e. The molecule has 3 rings (SSSR count). The van der Waals surface area contributed by atoms with Gasteiger partial charge in [-0.3, -0.25) is 4.90 Å². The molecule has 1 aliphatic rings. The molecule has 0 bridgehead atoms. The van der Waals surface area contributed by atoms with Crippen LogP contribution in [0.4, 0.5) is 5.82 Å². The van der Waals surface area contributed by atoms with Crippen molar-refractivity contribution in [2.75, 3.05) is 5.73 Å². The normalized spacial score (nSPS) is 15.2. The summed E-state index contributed by atoms with van der Waals surface area (Å²) in [7, 11) is 0. The highest BCUT2D eigenvalue weighted by molar-refractivity contribution is 5.33. The number of hydrogen-bond acceptors (Lipinski definition) is 4. The van der Waals surface area contributed by atoms with Crippen LogP contribution in [0.3, 0.4) is 0 Å². The summed E-state index contributed by atoms with van der Waals surface area (Å²) >= 11 is 0. The predicted octanol–water partition coefficient (Wildman–Crippen LogP) is 0.903. The fraction of sp³-hybridized carbons (Fsp3) is 0.273. The Bertz CT molecular complexity index is 480. The Morgan fingerprint density at radius 3 is 2.44 bits per heavy atom. The van der Waals surface area contributed by atoms with Crippen molar-refractivity contribution in [3.05, 3.63) is 41.1 Å². The van der Waals surface area contributed by atoms with Crippen LogP contribution < -0.4 is 5.73 Å². The van der Waals surface area contributed by atoms with Gasteiger partial charge in [-0.15, -0.1) is 5.10 Å². The molecule has 1 aliphatic heterocycles. The minimum absolute atomic E-state index is 0.496. The average Bonchev–Trinajstić information content (AvgIpc) is 2.85. The number of hydrogen-bond donors (Lipinski definition) is 2. The van der Waals surface area contributed by atoms with Gasteiger partial charge in [-0.1, -0.05) is 24.3 Å². The maximum absolute atomic E-state index is 5.69. The summed E-state index contributed by atoms with van der Waals surface area (Å²) in [6.07, 6.45) is 0. The standard InChI is InChI=1S/C11H13N5/c12-11-10(13-15-14-11)7-16-5-8-3-1-2-4-9(8)6-16/h1-4H,5-7H2,(H3,12,13,14,15). The Balaban J connectivity index is 1.75. The molecule has 1 aromatic heterocycles. The smallest absolute Gasteiger partial charge is 0.170 e. The molecule has 1 aromatic carbocycles. The van der Waals surface area contributed by atoms with Gasteiger partial charge in [0.2, 0.25) is 0 Å². The zero-order valence-electron chi connectivity index (χ0n) is 8.85. The number of fused-ring (bicyclic) bond motifs is 1. The van der Waals surface area contributed by atoms with Gasteiger partial charge < -0.3 is 5.73 Å². The van der Waals surface area contributed by atoms with E-state index in [0.29, 0.717) is 5.82 Å². The summed E-state index contributed by atoms with van der Waals surface area (Å²) in [5.41, 5.74) is 9.31. The van der Waals surface area contributed by atoms with Crippen LogP contribution in [0.1, 0.15) is 16.8 Å². The third kappa shape index (κ3) is 1.55. The van der Waals surface area contributed by atoms with Crippen LogP contribution in [-0.4, -0.2) is 20.3 Å². The second-order valence-electron chi connectivity index (χ2n) is 4.07. The van der Waals surface area contributed by atoms with E-state index in [0.717, 1.165) is 25.3 Å². The lowest BCUT2D eigenvalue weighted by Crippen LogP contribution is -2.16. The van der Waals surface area contributed by atoms with Crippen molar-refractivity contribution in [3.63, 3.8) is 0 Å². The average molecular weight is 215 g/mol. The lowest BCUT2D eigenvalue weighted by Gasteiger charge is -2.12. The fourth-order valence-corrected chi connectivity index (χ4v) is 2.10. The molecular formula is C11H13N5. The number of nitrogens with zero attached hydrogens (tertiary/aromatic N) is 3. The Morgan fingerprint density at radius 1 is 1.19 bits per heavy atom. The highest BCUT2D eigenvalue weighted by Gasteiger charge is 2.19. The number of aromatic nitrogens is 3. The maximum atomic E-state index is 5.69. The van der Waals surface area contributed by atoms with Crippen LogP contribution in [0.25, 0.3) is 0 Å². The SMILES string of the molecule is Nc1n[nH]nc1CN1Cc2ccccc2C1. The van der Waals surface area contributed by atoms with E-state index in [2.05, 4.69) is 44.6 Å². The first-order chi connectivity index (χ1) is 7.83. The van der Waals surface area contributed by atoms with Crippen molar-refractivity contribution < 1.29 is 0 Å². The number of anilines is 1. The molecule has 5 nitrogen and oxygen atoms in total. The zero-order valence-corrected chi connectivity index (χ0v) is 8.85. The third-order valence-corrected chi connectivity index (χ3v) is 2.93. The minimum atomic E-state index is 0.496. The van der Waals surface area contributed by atoms with Gasteiger partial charge in [0, 0.05) is 19.6 Å². The lowest BCUT2D eigenvalue weighted by molar-refractivity contribution is 0.272. The van der Waals surface area contributed by atoms with E-state index < -0.39 is 0 Å². The van der Waals surface area contributed by atoms with Gasteiger partial charge >= 0.3 is 0 Å². The van der Waals surface area contributed by atoms with Crippen LogP contribution in [0.2, 0.25) is 0 Å². The number of aromatic amines is 1. The molecule has 0 amide bonds. The molecule has 0 aliphatic carbocycles. The monoisotopic (exact) mass is 215 g/mol. The fourth-order valence-electron chi connectivity index (χ4n) is 2.10. The quantitative estimate of drug-likeness (QED) is 0.781. The molecule has 0 fully saturated rings. The highest BCUT2D eigenvalue weighted by Crippen LogP contribution is 2.23. The largest absolute Gasteiger partial charge is 0.381 e. The van der Waals surface area contributed by atoms with E-state index in [1.54, 1.807) is 0 Å². The molecule has 0 radical (unpaired) electrons. The van der Waals surface area contributed by atoms with Crippen LogP contribution >= 0.6 is 0 Å². The van der Waals surface area contributed by atoms with Crippen molar-refractivity contribution in [3.8, 4) is 0 Å². The van der Waals surface area contributed by atoms with Gasteiger partial charge in [0.15, 0.2) is 5.82 Å².